The van der Waals surface area contributed by atoms with Gasteiger partial charge in [0.2, 0.25) is 0 Å². The maximum Gasteiger partial charge on any atom is 0.194 e. The molecule has 2 N–H and O–H groups in total. The Labute approximate surface area is 145 Å². The number of nitrogens with zero attached hydrogens (tertiary/aromatic N) is 3. The largest absolute Gasteiger partial charge is 0.388 e. The van der Waals surface area contributed by atoms with Crippen LogP contribution in [0.1, 0.15) is 31.7 Å². The van der Waals surface area contributed by atoms with Crippen molar-refractivity contribution in [2.45, 2.75) is 38.7 Å². The molecule has 0 atom stereocenters. The van der Waals surface area contributed by atoms with E-state index in [1.165, 1.54) is 11.3 Å². The lowest BCUT2D eigenvalue weighted by molar-refractivity contribution is -0.0237. The number of aliphatic hydroxyl groups is 1. The van der Waals surface area contributed by atoms with E-state index in [9.17, 15) is 5.11 Å². The molecule has 0 aromatic heterocycles. The predicted octanol–water partition coefficient (Wildman–Crippen LogP) is 2.00. The summed E-state index contributed by atoms with van der Waals surface area (Å²) in [7, 11) is 0. The molecule has 1 saturated carbocycles. The maximum absolute atomic E-state index is 10.3. The van der Waals surface area contributed by atoms with Gasteiger partial charge in [-0.1, -0.05) is 12.1 Å². The lowest BCUT2D eigenvalue weighted by Crippen LogP contribution is -2.53. The molecule has 5 heteroatoms. The molecule has 0 unspecified atom stereocenters. The monoisotopic (exact) mass is 330 g/mol. The van der Waals surface area contributed by atoms with Gasteiger partial charge in [-0.2, -0.15) is 0 Å². The standard InChI is InChI=1S/C19H30N4O/c1-3-20-18(21-15-19(24)8-5-9-19)23-12-10-22(11-13-23)17-7-4-6-16(2)14-17/h4,6-7,14,24H,3,5,8-13,15H2,1-2H3,(H,20,21). The van der Waals surface area contributed by atoms with Crippen molar-refractivity contribution in [2.24, 2.45) is 4.99 Å². The van der Waals surface area contributed by atoms with Gasteiger partial charge in [0.25, 0.3) is 0 Å². The number of piperazine rings is 1. The first-order chi connectivity index (χ1) is 11.6. The number of hydrogen-bond acceptors (Lipinski definition) is 3. The minimum absolute atomic E-state index is 0.521. The van der Waals surface area contributed by atoms with Crippen LogP contribution in [0.15, 0.2) is 29.3 Å². The minimum atomic E-state index is -0.552. The third kappa shape index (κ3) is 4.01. The average Bonchev–Trinajstić information content (AvgIpc) is 2.57. The van der Waals surface area contributed by atoms with Crippen LogP contribution in [0.4, 0.5) is 5.69 Å². The van der Waals surface area contributed by atoms with Gasteiger partial charge in [-0.05, 0) is 50.8 Å². The maximum atomic E-state index is 10.3. The molecule has 0 spiro atoms. The number of nitrogens with one attached hydrogen (secondary N) is 1. The van der Waals surface area contributed by atoms with Crippen LogP contribution < -0.4 is 10.2 Å². The van der Waals surface area contributed by atoms with E-state index in [2.05, 4.69) is 53.2 Å². The van der Waals surface area contributed by atoms with Crippen LogP contribution >= 0.6 is 0 Å². The molecule has 1 aromatic rings. The summed E-state index contributed by atoms with van der Waals surface area (Å²) in [6, 6.07) is 8.71. The van der Waals surface area contributed by atoms with Crippen molar-refractivity contribution in [2.75, 3.05) is 44.2 Å². The smallest absolute Gasteiger partial charge is 0.194 e. The second kappa shape index (κ2) is 7.43. The average molecular weight is 330 g/mol. The Balaban J connectivity index is 1.59. The number of hydrogen-bond donors (Lipinski definition) is 2. The first-order valence-electron chi connectivity index (χ1n) is 9.17. The Morgan fingerprint density at radius 2 is 2.00 bits per heavy atom. The lowest BCUT2D eigenvalue weighted by atomic mass is 9.80. The Bertz CT molecular complexity index is 574. The zero-order valence-electron chi connectivity index (χ0n) is 15.0. The van der Waals surface area contributed by atoms with E-state index < -0.39 is 5.60 Å². The fraction of sp³-hybridized carbons (Fsp3) is 0.632. The number of anilines is 1. The highest BCUT2D eigenvalue weighted by atomic mass is 16.3. The van der Waals surface area contributed by atoms with Gasteiger partial charge in [0, 0.05) is 38.4 Å². The van der Waals surface area contributed by atoms with Gasteiger partial charge < -0.3 is 20.2 Å². The van der Waals surface area contributed by atoms with Crippen molar-refractivity contribution in [3.8, 4) is 0 Å². The summed E-state index contributed by atoms with van der Waals surface area (Å²) in [5.41, 5.74) is 2.06. The van der Waals surface area contributed by atoms with Gasteiger partial charge in [-0.3, -0.25) is 4.99 Å². The molecule has 0 bridgehead atoms. The fourth-order valence-corrected chi connectivity index (χ4v) is 3.39. The van der Waals surface area contributed by atoms with E-state index in [4.69, 9.17) is 4.99 Å². The molecule has 24 heavy (non-hydrogen) atoms. The van der Waals surface area contributed by atoms with Crippen LogP contribution in [-0.2, 0) is 0 Å². The Morgan fingerprint density at radius 3 is 2.58 bits per heavy atom. The zero-order valence-corrected chi connectivity index (χ0v) is 15.0. The molecular formula is C19H30N4O. The highest BCUT2D eigenvalue weighted by Crippen LogP contribution is 2.31. The van der Waals surface area contributed by atoms with Gasteiger partial charge in [0.05, 0.1) is 12.1 Å². The predicted molar refractivity (Wildman–Crippen MR) is 99.7 cm³/mol. The molecule has 5 nitrogen and oxygen atoms in total. The summed E-state index contributed by atoms with van der Waals surface area (Å²) in [4.78, 5) is 9.46. The van der Waals surface area contributed by atoms with Crippen molar-refractivity contribution in [1.82, 2.24) is 10.2 Å². The van der Waals surface area contributed by atoms with Crippen LogP contribution in [0.3, 0.4) is 0 Å². The second-order valence-electron chi connectivity index (χ2n) is 7.06. The number of guanidine groups is 1. The topological polar surface area (TPSA) is 51.1 Å². The molecule has 2 fully saturated rings. The molecule has 2 aliphatic rings. The highest BCUT2D eigenvalue weighted by molar-refractivity contribution is 5.80. The van der Waals surface area contributed by atoms with Crippen molar-refractivity contribution >= 4 is 11.6 Å². The highest BCUT2D eigenvalue weighted by Gasteiger charge is 2.34. The summed E-state index contributed by atoms with van der Waals surface area (Å²) >= 11 is 0. The normalized spacial score (nSPS) is 20.7. The van der Waals surface area contributed by atoms with Crippen molar-refractivity contribution in [3.63, 3.8) is 0 Å². The second-order valence-corrected chi connectivity index (χ2v) is 7.06. The molecular weight excluding hydrogens is 300 g/mol. The SMILES string of the molecule is CCNC(=NCC1(O)CCC1)N1CCN(c2cccc(C)c2)CC1. The third-order valence-corrected chi connectivity index (χ3v) is 5.09. The summed E-state index contributed by atoms with van der Waals surface area (Å²) < 4.78 is 0. The molecule has 1 aliphatic carbocycles. The Morgan fingerprint density at radius 1 is 1.25 bits per heavy atom. The number of rotatable bonds is 4. The van der Waals surface area contributed by atoms with Crippen LogP contribution in [0.2, 0.25) is 0 Å². The van der Waals surface area contributed by atoms with Gasteiger partial charge in [0.1, 0.15) is 0 Å². The number of benzene rings is 1. The number of aliphatic imine (C=N–C) groups is 1. The van der Waals surface area contributed by atoms with E-state index in [0.717, 1.165) is 57.9 Å². The van der Waals surface area contributed by atoms with Gasteiger partial charge in [-0.15, -0.1) is 0 Å². The van der Waals surface area contributed by atoms with E-state index in [0.29, 0.717) is 6.54 Å². The van der Waals surface area contributed by atoms with Crippen LogP contribution in [0.25, 0.3) is 0 Å². The van der Waals surface area contributed by atoms with Gasteiger partial charge in [0.15, 0.2) is 5.96 Å². The minimum Gasteiger partial charge on any atom is -0.388 e. The molecule has 1 saturated heterocycles. The van der Waals surface area contributed by atoms with E-state index in [1.54, 1.807) is 0 Å². The van der Waals surface area contributed by atoms with Crippen molar-refractivity contribution < 1.29 is 5.11 Å². The van der Waals surface area contributed by atoms with E-state index in [-0.39, 0.29) is 0 Å². The molecule has 1 aromatic carbocycles. The fourth-order valence-electron chi connectivity index (χ4n) is 3.39. The molecule has 0 amide bonds. The molecule has 3 rings (SSSR count). The van der Waals surface area contributed by atoms with Crippen molar-refractivity contribution in [1.29, 1.82) is 0 Å². The molecule has 1 heterocycles. The Hall–Kier alpha value is -1.75. The van der Waals surface area contributed by atoms with Crippen LogP contribution in [0.5, 0.6) is 0 Å². The summed E-state index contributed by atoms with van der Waals surface area (Å²) in [5, 5.41) is 13.7. The number of aryl methyl sites for hydroxylation is 1. The van der Waals surface area contributed by atoms with Gasteiger partial charge >= 0.3 is 0 Å². The quantitative estimate of drug-likeness (QED) is 0.655. The molecule has 1 aliphatic heterocycles. The summed E-state index contributed by atoms with van der Waals surface area (Å²) in [6.07, 6.45) is 2.89. The van der Waals surface area contributed by atoms with Crippen molar-refractivity contribution in [3.05, 3.63) is 29.8 Å². The first kappa shape index (κ1) is 17.1. The third-order valence-electron chi connectivity index (χ3n) is 5.09. The van der Waals surface area contributed by atoms with E-state index in [1.807, 2.05) is 0 Å². The molecule has 132 valence electrons. The summed E-state index contributed by atoms with van der Waals surface area (Å²) in [6.45, 7) is 9.52. The zero-order chi connectivity index (χ0) is 17.0. The first-order valence-corrected chi connectivity index (χ1v) is 9.17. The lowest BCUT2D eigenvalue weighted by Gasteiger charge is -2.39. The Kier molecular flexibility index (Phi) is 5.29. The molecule has 0 radical (unpaired) electrons. The van der Waals surface area contributed by atoms with Crippen LogP contribution in [-0.4, -0.2) is 60.8 Å². The van der Waals surface area contributed by atoms with Gasteiger partial charge in [-0.25, -0.2) is 0 Å². The van der Waals surface area contributed by atoms with E-state index >= 15 is 0 Å². The van der Waals surface area contributed by atoms with Crippen LogP contribution in [0, 0.1) is 6.92 Å². The summed E-state index contributed by atoms with van der Waals surface area (Å²) in [5.74, 6) is 0.946.